The van der Waals surface area contributed by atoms with E-state index in [1.165, 1.54) is 12.1 Å². The zero-order valence-electron chi connectivity index (χ0n) is 17.5. The second-order valence-corrected chi connectivity index (χ2v) is 7.49. The Labute approximate surface area is 181 Å². The van der Waals surface area contributed by atoms with Gasteiger partial charge in [-0.2, -0.15) is 0 Å². The molecule has 31 heavy (non-hydrogen) atoms. The number of nitrogens with one attached hydrogen (secondary N) is 1. The van der Waals surface area contributed by atoms with Crippen molar-refractivity contribution in [1.29, 1.82) is 0 Å². The Kier molecular flexibility index (Phi) is 6.74. The van der Waals surface area contributed by atoms with Crippen LogP contribution in [0.5, 0.6) is 5.75 Å². The van der Waals surface area contributed by atoms with Gasteiger partial charge in [0.1, 0.15) is 29.7 Å². The molecule has 0 radical (unpaired) electrons. The molecule has 3 aromatic rings. The Hall–Kier alpha value is -3.03. The zero-order valence-corrected chi connectivity index (χ0v) is 17.5. The van der Waals surface area contributed by atoms with E-state index >= 15 is 0 Å². The summed E-state index contributed by atoms with van der Waals surface area (Å²) in [6, 6.07) is 15.9. The van der Waals surface area contributed by atoms with E-state index < -0.39 is 0 Å². The van der Waals surface area contributed by atoms with Gasteiger partial charge in [-0.1, -0.05) is 36.4 Å². The van der Waals surface area contributed by atoms with Crippen LogP contribution < -0.4 is 10.1 Å². The standard InChI is InChI=1S/C24H26FN3O3/c1-2-30-24(29)21-14-26-10-11-28(21)15-20-9-8-18-12-19(25)13-22(23(18)27-20)31-16-17-6-4-3-5-7-17/h3-9,12-13,21,26H,2,10-11,14-16H2,1H3. The molecular formula is C24H26FN3O3. The first-order valence-electron chi connectivity index (χ1n) is 10.5. The van der Waals surface area contributed by atoms with E-state index in [0.717, 1.165) is 17.8 Å². The van der Waals surface area contributed by atoms with Crippen molar-refractivity contribution in [3.8, 4) is 5.75 Å². The minimum atomic E-state index is -0.366. The molecule has 6 nitrogen and oxygen atoms in total. The summed E-state index contributed by atoms with van der Waals surface area (Å²) in [7, 11) is 0. The largest absolute Gasteiger partial charge is 0.487 e. The lowest BCUT2D eigenvalue weighted by Gasteiger charge is -2.34. The lowest BCUT2D eigenvalue weighted by molar-refractivity contribution is -0.150. The summed E-state index contributed by atoms with van der Waals surface area (Å²) in [4.78, 5) is 19.2. The van der Waals surface area contributed by atoms with Gasteiger partial charge in [0.05, 0.1) is 12.3 Å². The first-order valence-corrected chi connectivity index (χ1v) is 10.5. The van der Waals surface area contributed by atoms with Crippen molar-refractivity contribution in [1.82, 2.24) is 15.2 Å². The van der Waals surface area contributed by atoms with E-state index in [1.807, 2.05) is 42.5 Å². The van der Waals surface area contributed by atoms with E-state index in [4.69, 9.17) is 14.5 Å². The normalized spacial score (nSPS) is 16.9. The molecule has 0 aliphatic carbocycles. The Bertz CT molecular complexity index is 1040. The third kappa shape index (κ3) is 5.18. The number of fused-ring (bicyclic) bond motifs is 1. The maximum Gasteiger partial charge on any atom is 0.324 e. The van der Waals surface area contributed by atoms with Crippen molar-refractivity contribution in [2.75, 3.05) is 26.2 Å². The topological polar surface area (TPSA) is 63.7 Å². The number of carbonyl (C=O) groups excluding carboxylic acids is 1. The molecule has 2 aromatic carbocycles. The summed E-state index contributed by atoms with van der Waals surface area (Å²) in [5, 5.41) is 3.92. The van der Waals surface area contributed by atoms with Crippen LogP contribution >= 0.6 is 0 Å². The van der Waals surface area contributed by atoms with Crippen LogP contribution in [-0.4, -0.2) is 48.1 Å². The number of benzene rings is 2. The van der Waals surface area contributed by atoms with E-state index in [9.17, 15) is 9.18 Å². The number of hydrogen-bond donors (Lipinski definition) is 1. The maximum absolute atomic E-state index is 14.1. The highest BCUT2D eigenvalue weighted by molar-refractivity contribution is 5.84. The number of aromatic nitrogens is 1. The van der Waals surface area contributed by atoms with Crippen molar-refractivity contribution in [2.24, 2.45) is 0 Å². The first-order chi connectivity index (χ1) is 15.1. The first kappa shape index (κ1) is 21.2. The smallest absolute Gasteiger partial charge is 0.324 e. The second-order valence-electron chi connectivity index (χ2n) is 7.49. The average molecular weight is 423 g/mol. The van der Waals surface area contributed by atoms with E-state index in [0.29, 0.717) is 49.5 Å². The predicted molar refractivity (Wildman–Crippen MR) is 116 cm³/mol. The SMILES string of the molecule is CCOC(=O)C1CNCCN1Cc1ccc2cc(F)cc(OCc3ccccc3)c2n1. The summed E-state index contributed by atoms with van der Waals surface area (Å²) in [5.74, 6) is -0.193. The molecular weight excluding hydrogens is 397 g/mol. The lowest BCUT2D eigenvalue weighted by Crippen LogP contribution is -2.54. The monoisotopic (exact) mass is 423 g/mol. The zero-order chi connectivity index (χ0) is 21.6. The van der Waals surface area contributed by atoms with Gasteiger partial charge in [-0.25, -0.2) is 9.37 Å². The molecule has 0 amide bonds. The fraction of sp³-hybridized carbons (Fsp3) is 0.333. The molecule has 1 N–H and O–H groups in total. The highest BCUT2D eigenvalue weighted by Crippen LogP contribution is 2.27. The number of esters is 1. The van der Waals surface area contributed by atoms with Crippen LogP contribution in [0.4, 0.5) is 4.39 Å². The maximum atomic E-state index is 14.1. The third-order valence-corrected chi connectivity index (χ3v) is 5.30. The van der Waals surface area contributed by atoms with Crippen LogP contribution in [0.3, 0.4) is 0 Å². The summed E-state index contributed by atoms with van der Waals surface area (Å²) >= 11 is 0. The van der Waals surface area contributed by atoms with E-state index in [-0.39, 0.29) is 17.8 Å². The molecule has 0 bridgehead atoms. The molecule has 0 saturated carbocycles. The summed E-state index contributed by atoms with van der Waals surface area (Å²) in [6.45, 7) is 5.03. The minimum Gasteiger partial charge on any atom is -0.487 e. The summed E-state index contributed by atoms with van der Waals surface area (Å²) < 4.78 is 25.3. The van der Waals surface area contributed by atoms with Gasteiger partial charge >= 0.3 is 5.97 Å². The Morgan fingerprint density at radius 1 is 1.23 bits per heavy atom. The minimum absolute atomic E-state index is 0.232. The van der Waals surface area contributed by atoms with Gasteiger partial charge in [0.15, 0.2) is 0 Å². The lowest BCUT2D eigenvalue weighted by atomic mass is 10.1. The van der Waals surface area contributed by atoms with Crippen molar-refractivity contribution in [3.05, 3.63) is 71.7 Å². The molecule has 4 rings (SSSR count). The Balaban J connectivity index is 1.57. The molecule has 2 heterocycles. The fourth-order valence-corrected chi connectivity index (χ4v) is 3.76. The number of nitrogens with zero attached hydrogens (tertiary/aromatic N) is 2. The van der Waals surface area contributed by atoms with Crippen LogP contribution in [0, 0.1) is 5.82 Å². The quantitative estimate of drug-likeness (QED) is 0.589. The van der Waals surface area contributed by atoms with Crippen LogP contribution in [0.2, 0.25) is 0 Å². The average Bonchev–Trinajstić information content (AvgIpc) is 2.79. The van der Waals surface area contributed by atoms with Crippen LogP contribution in [0.25, 0.3) is 10.9 Å². The predicted octanol–water partition coefficient (Wildman–Crippen LogP) is 3.29. The number of ether oxygens (including phenoxy) is 2. The van der Waals surface area contributed by atoms with Crippen LogP contribution in [0.1, 0.15) is 18.2 Å². The van der Waals surface area contributed by atoms with E-state index in [1.54, 1.807) is 6.92 Å². The fourth-order valence-electron chi connectivity index (χ4n) is 3.76. The van der Waals surface area contributed by atoms with Gasteiger partial charge in [0.25, 0.3) is 0 Å². The molecule has 1 aliphatic rings. The molecule has 1 unspecified atom stereocenters. The third-order valence-electron chi connectivity index (χ3n) is 5.30. The summed E-state index contributed by atoms with van der Waals surface area (Å²) in [6.07, 6.45) is 0. The highest BCUT2D eigenvalue weighted by atomic mass is 19.1. The Morgan fingerprint density at radius 3 is 2.87 bits per heavy atom. The molecule has 1 fully saturated rings. The number of piperazine rings is 1. The number of hydrogen-bond acceptors (Lipinski definition) is 6. The van der Waals surface area contributed by atoms with Crippen LogP contribution in [0.15, 0.2) is 54.6 Å². The molecule has 1 aromatic heterocycles. The molecule has 0 spiro atoms. The number of pyridine rings is 1. The number of rotatable bonds is 7. The summed E-state index contributed by atoms with van der Waals surface area (Å²) in [5.41, 5.74) is 2.40. The van der Waals surface area contributed by atoms with Crippen molar-refractivity contribution in [3.63, 3.8) is 0 Å². The second kappa shape index (κ2) is 9.85. The van der Waals surface area contributed by atoms with Gasteiger partial charge in [0.2, 0.25) is 0 Å². The van der Waals surface area contributed by atoms with Gasteiger partial charge in [-0.15, -0.1) is 0 Å². The van der Waals surface area contributed by atoms with Crippen molar-refractivity contribution >= 4 is 16.9 Å². The van der Waals surface area contributed by atoms with Gasteiger partial charge in [0, 0.05) is 37.6 Å². The van der Waals surface area contributed by atoms with Gasteiger partial charge in [-0.05, 0) is 24.6 Å². The van der Waals surface area contributed by atoms with Gasteiger partial charge in [-0.3, -0.25) is 9.69 Å². The molecule has 1 saturated heterocycles. The number of halogens is 1. The van der Waals surface area contributed by atoms with Crippen LogP contribution in [-0.2, 0) is 22.7 Å². The molecule has 7 heteroatoms. The van der Waals surface area contributed by atoms with Crippen molar-refractivity contribution in [2.45, 2.75) is 26.1 Å². The highest BCUT2D eigenvalue weighted by Gasteiger charge is 2.30. The Morgan fingerprint density at radius 2 is 2.06 bits per heavy atom. The molecule has 1 atom stereocenters. The van der Waals surface area contributed by atoms with E-state index in [2.05, 4.69) is 10.2 Å². The van der Waals surface area contributed by atoms with Gasteiger partial charge < -0.3 is 14.8 Å². The van der Waals surface area contributed by atoms with Crippen molar-refractivity contribution < 1.29 is 18.7 Å². The number of carbonyl (C=O) groups is 1. The molecule has 162 valence electrons. The molecule has 1 aliphatic heterocycles.